The van der Waals surface area contributed by atoms with Crippen LogP contribution in [-0.2, 0) is 53.3 Å². The van der Waals surface area contributed by atoms with Crippen LogP contribution in [0.1, 0.15) is 27.7 Å². The molecule has 33 heavy (non-hydrogen) atoms. The zero-order valence-electron chi connectivity index (χ0n) is 18.2. The molecule has 0 aromatic heterocycles. The molecule has 0 aliphatic carbocycles. The number of carbonyl (C=O) groups excluding carboxylic acids is 4. The van der Waals surface area contributed by atoms with Crippen molar-refractivity contribution in [3.05, 3.63) is 48.6 Å². The maximum absolute atomic E-state index is 12.3. The van der Waals surface area contributed by atoms with Crippen LogP contribution < -0.4 is 0 Å². The molecule has 0 bridgehead atoms. The lowest BCUT2D eigenvalue weighted by molar-refractivity contribution is -0.151. The Kier molecular flexibility index (Phi) is 13.8. The first kappa shape index (κ1) is 30.8. The Labute approximate surface area is 202 Å². The average Bonchev–Trinajstić information content (AvgIpc) is 2.70. The van der Waals surface area contributed by atoms with Gasteiger partial charge in [-0.15, -0.1) is 0 Å². The summed E-state index contributed by atoms with van der Waals surface area (Å²) >= 11 is 0. The summed E-state index contributed by atoms with van der Waals surface area (Å²) < 4.78 is 40.6. The van der Waals surface area contributed by atoms with Gasteiger partial charge in [-0.3, -0.25) is 0 Å². The van der Waals surface area contributed by atoms with Gasteiger partial charge in [0.2, 0.25) is 10.5 Å². The first-order chi connectivity index (χ1) is 15.2. The number of rotatable bonds is 15. The van der Waals surface area contributed by atoms with Crippen LogP contribution in [-0.4, -0.2) is 73.0 Å². The first-order valence-electron chi connectivity index (χ1n) is 8.50. The van der Waals surface area contributed by atoms with Crippen molar-refractivity contribution in [1.82, 2.24) is 0 Å². The van der Waals surface area contributed by atoms with Crippen LogP contribution in [0.3, 0.4) is 0 Å². The molecule has 176 valence electrons. The fraction of sp³-hybridized carbons (Fsp3) is 0.250. The van der Waals surface area contributed by atoms with Gasteiger partial charge in [-0.25, -0.2) is 19.2 Å². The van der Waals surface area contributed by atoms with Gasteiger partial charge in [-0.1, -0.05) is 26.3 Å². The Balaban J connectivity index is 6.29. The fourth-order valence-corrected chi connectivity index (χ4v) is 6.48. The van der Waals surface area contributed by atoms with Crippen molar-refractivity contribution < 1.29 is 53.3 Å². The van der Waals surface area contributed by atoms with E-state index in [0.29, 0.717) is 0 Å². The third kappa shape index (κ3) is 12.0. The molecule has 0 saturated heterocycles. The van der Waals surface area contributed by atoms with E-state index in [9.17, 15) is 19.2 Å². The molecule has 0 saturated carbocycles. The van der Waals surface area contributed by atoms with Gasteiger partial charge in [0, 0.05) is 22.3 Å². The lowest BCUT2D eigenvalue weighted by atomic mass is 10.4. The van der Waals surface area contributed by atoms with E-state index in [0.717, 1.165) is 0 Å². The predicted molar refractivity (Wildman–Crippen MR) is 117 cm³/mol. The summed E-state index contributed by atoms with van der Waals surface area (Å²) in [5.74, 6) is -4.36. The zero-order valence-corrected chi connectivity index (χ0v) is 23.2. The molecule has 0 rings (SSSR count). The van der Waals surface area contributed by atoms with Crippen LogP contribution in [0.25, 0.3) is 0 Å². The minimum Gasteiger partial charge on any atom is -0.468 e. The summed E-state index contributed by atoms with van der Waals surface area (Å²) in [4.78, 5) is 48.9. The van der Waals surface area contributed by atoms with Crippen molar-refractivity contribution in [3.63, 3.8) is 0 Å². The van der Waals surface area contributed by atoms with E-state index in [1.165, 1.54) is 27.7 Å². The van der Waals surface area contributed by atoms with Crippen molar-refractivity contribution in [2.24, 2.45) is 0 Å². The van der Waals surface area contributed by atoms with Crippen LogP contribution >= 0.6 is 0 Å². The van der Waals surface area contributed by atoms with E-state index in [1.54, 1.807) is 0 Å². The molecule has 0 aromatic carbocycles. The van der Waals surface area contributed by atoms with Crippen molar-refractivity contribution in [2.45, 2.75) is 27.7 Å². The quantitative estimate of drug-likeness (QED) is 0.157. The van der Waals surface area contributed by atoms with Gasteiger partial charge < -0.3 is 34.2 Å². The van der Waals surface area contributed by atoms with Crippen molar-refractivity contribution in [3.8, 4) is 0 Å². The molecule has 0 unspecified atom stereocenters. The van der Waals surface area contributed by atoms with Crippen LogP contribution in [0.5, 0.6) is 0 Å². The van der Waals surface area contributed by atoms with Crippen LogP contribution in [0.15, 0.2) is 48.6 Å². The molecule has 0 atom stereocenters. The molecule has 17 heteroatoms. The summed E-state index contributed by atoms with van der Waals surface area (Å²) in [6.45, 7) is 18.8. The average molecular weight is 545 g/mol. The Bertz CT molecular complexity index is 757. The minimum atomic E-state index is -5.11. The van der Waals surface area contributed by atoms with Gasteiger partial charge in [0.05, 0.1) is 0 Å². The highest BCUT2D eigenvalue weighted by Gasteiger charge is 2.63. The largest absolute Gasteiger partial charge is 0.893 e. The monoisotopic (exact) mass is 544 g/mol. The molecule has 0 aliphatic rings. The molecule has 0 heterocycles. The van der Waals surface area contributed by atoms with E-state index >= 15 is 0 Å². The third-order valence-electron chi connectivity index (χ3n) is 2.68. The van der Waals surface area contributed by atoms with Crippen molar-refractivity contribution in [1.29, 1.82) is 0 Å². The summed E-state index contributed by atoms with van der Waals surface area (Å²) in [5, 5.41) is 0. The third-order valence-corrected chi connectivity index (χ3v) is 8.01. The van der Waals surface area contributed by atoms with E-state index < -0.39 is 62.5 Å². The standard InChI is InChI=1S/C16H20O12Si5/c1-9(2)13(17)21-32(27-31-26-30-25-29)28-33(22-14(18)10(3)4,23-15(19)11(5)6)24-16(20)12(7)8/h1,3,5,7H2,2,4,6,8H3. The van der Waals surface area contributed by atoms with E-state index in [-0.39, 0.29) is 22.3 Å². The summed E-state index contributed by atoms with van der Waals surface area (Å²) in [6.07, 6.45) is 0. The van der Waals surface area contributed by atoms with Crippen LogP contribution in [0, 0.1) is 0 Å². The molecule has 0 aromatic rings. The summed E-state index contributed by atoms with van der Waals surface area (Å²) in [7, 11) is -6.99. The molecule has 0 fully saturated rings. The molecule has 0 spiro atoms. The molecule has 0 N–H and O–H groups in total. The van der Waals surface area contributed by atoms with Gasteiger partial charge in [0.25, 0.3) is 0 Å². The Morgan fingerprint density at radius 2 is 1.12 bits per heavy atom. The highest BCUT2D eigenvalue weighted by atomic mass is 28.5. The molecule has 8 radical (unpaired) electrons. The number of hydrogen-bond donors (Lipinski definition) is 0. The van der Waals surface area contributed by atoms with Crippen molar-refractivity contribution >= 4 is 73.0 Å². The first-order valence-corrected chi connectivity index (χ1v) is 13.4. The Morgan fingerprint density at radius 3 is 1.45 bits per heavy atom. The van der Waals surface area contributed by atoms with Gasteiger partial charge >= 0.3 is 62.5 Å². The van der Waals surface area contributed by atoms with E-state index in [2.05, 4.69) is 40.9 Å². The second kappa shape index (κ2) is 14.8. The normalized spacial score (nSPS) is 10.7. The molecular weight excluding hydrogens is 525 g/mol. The van der Waals surface area contributed by atoms with Gasteiger partial charge in [-0.2, -0.15) is 0 Å². The lowest BCUT2D eigenvalue weighted by Gasteiger charge is -2.27. The second-order valence-electron chi connectivity index (χ2n) is 6.00. The second-order valence-corrected chi connectivity index (χ2v) is 11.9. The maximum Gasteiger partial charge on any atom is 0.893 e. The molecule has 0 aliphatic heterocycles. The molecular formula is C16H20O12Si5. The highest BCUT2D eigenvalue weighted by molar-refractivity contribution is 6.68. The SMILES string of the molecule is C=C(C)C(=O)O[Si](O[Si]O[Si]O[Si])O[Si](OC(=O)C(=C)C)(OC(=O)C(=C)C)OC(=O)C(=C)C. The maximum atomic E-state index is 12.3. The van der Waals surface area contributed by atoms with E-state index in [1.807, 2.05) is 0 Å². The Morgan fingerprint density at radius 1 is 0.727 bits per heavy atom. The minimum absolute atomic E-state index is 0.0385. The smallest absolute Gasteiger partial charge is 0.468 e. The predicted octanol–water partition coefficient (Wildman–Crippen LogP) is 0.102. The van der Waals surface area contributed by atoms with Crippen LogP contribution in [0.4, 0.5) is 0 Å². The highest BCUT2D eigenvalue weighted by Crippen LogP contribution is 2.20. The topological polar surface area (TPSA) is 142 Å². The summed E-state index contributed by atoms with van der Waals surface area (Å²) in [6, 6.07) is 0. The summed E-state index contributed by atoms with van der Waals surface area (Å²) in [5.41, 5.74) is -0.490. The molecule has 12 nitrogen and oxygen atoms in total. The lowest BCUT2D eigenvalue weighted by Crippen LogP contribution is -2.57. The van der Waals surface area contributed by atoms with Crippen molar-refractivity contribution in [2.75, 3.05) is 0 Å². The van der Waals surface area contributed by atoms with Gasteiger partial charge in [-0.05, 0) is 27.7 Å². The zero-order chi connectivity index (χ0) is 25.8. The Hall–Kier alpha value is -2.24. The fourth-order valence-electron chi connectivity index (χ4n) is 1.15. The van der Waals surface area contributed by atoms with Crippen LogP contribution in [0.2, 0.25) is 0 Å². The number of hydrogen-bond acceptors (Lipinski definition) is 12. The van der Waals surface area contributed by atoms with Gasteiger partial charge in [0.15, 0.2) is 0 Å². The molecule has 0 amide bonds. The number of carbonyl (C=O) groups is 4. The van der Waals surface area contributed by atoms with Gasteiger partial charge in [0.1, 0.15) is 0 Å². The van der Waals surface area contributed by atoms with E-state index in [4.69, 9.17) is 30.0 Å².